The van der Waals surface area contributed by atoms with Gasteiger partial charge in [-0.3, -0.25) is 0 Å². The van der Waals surface area contributed by atoms with Crippen molar-refractivity contribution in [2.75, 3.05) is 6.54 Å². The van der Waals surface area contributed by atoms with Gasteiger partial charge in [-0.05, 0) is 67.6 Å². The molecule has 0 radical (unpaired) electrons. The molecule has 1 aliphatic heterocycles. The van der Waals surface area contributed by atoms with Crippen LogP contribution in [0.1, 0.15) is 76.0 Å². The molecule has 0 amide bonds. The third-order valence-corrected chi connectivity index (χ3v) is 6.73. The highest BCUT2D eigenvalue weighted by Crippen LogP contribution is 2.40. The van der Waals surface area contributed by atoms with E-state index in [0.717, 1.165) is 45.6 Å². The van der Waals surface area contributed by atoms with E-state index in [9.17, 15) is 9.90 Å². The van der Waals surface area contributed by atoms with Gasteiger partial charge < -0.3 is 15.2 Å². The number of hydrogen-bond acceptors (Lipinski definition) is 3. The molecule has 4 heteroatoms. The summed E-state index contributed by atoms with van der Waals surface area (Å²) >= 11 is 0. The fraction of sp³-hybridized carbons (Fsp3) is 0.258. The van der Waals surface area contributed by atoms with Crippen LogP contribution >= 0.6 is 0 Å². The maximum atomic E-state index is 11.7. The zero-order valence-electron chi connectivity index (χ0n) is 20.4. The maximum Gasteiger partial charge on any atom is 0.335 e. The number of carbonyl (C=O) groups is 1. The number of carboxylic acids is 1. The smallest absolute Gasteiger partial charge is 0.335 e. The van der Waals surface area contributed by atoms with E-state index in [1.165, 1.54) is 0 Å². The molecule has 3 aromatic carbocycles. The van der Waals surface area contributed by atoms with Gasteiger partial charge in [-0.15, -0.1) is 6.42 Å². The van der Waals surface area contributed by atoms with E-state index >= 15 is 0 Å². The highest BCUT2D eigenvalue weighted by molar-refractivity contribution is 5.89. The second kappa shape index (κ2) is 10.6. The van der Waals surface area contributed by atoms with Gasteiger partial charge in [0, 0.05) is 29.6 Å². The number of terminal acetylenes is 1. The van der Waals surface area contributed by atoms with Crippen molar-refractivity contribution in [2.24, 2.45) is 0 Å². The van der Waals surface area contributed by atoms with Crippen LogP contribution in [0.3, 0.4) is 0 Å². The van der Waals surface area contributed by atoms with Crippen molar-refractivity contribution in [3.63, 3.8) is 0 Å². The van der Waals surface area contributed by atoms with Crippen LogP contribution in [0.4, 0.5) is 0 Å². The van der Waals surface area contributed by atoms with Gasteiger partial charge in [-0.25, -0.2) is 4.79 Å². The van der Waals surface area contributed by atoms with Gasteiger partial charge in [0.1, 0.15) is 11.9 Å². The third-order valence-electron chi connectivity index (χ3n) is 6.73. The summed E-state index contributed by atoms with van der Waals surface area (Å²) in [5, 5.41) is 13.3. The number of fused-ring (bicyclic) bond motifs is 1. The molecule has 1 aliphatic rings. The first-order chi connectivity index (χ1) is 16.9. The van der Waals surface area contributed by atoms with Crippen LogP contribution < -0.4 is 10.1 Å². The van der Waals surface area contributed by atoms with Gasteiger partial charge in [-0.1, -0.05) is 60.5 Å². The number of benzene rings is 3. The molecule has 35 heavy (non-hydrogen) atoms. The zero-order valence-corrected chi connectivity index (χ0v) is 20.4. The molecule has 0 bridgehead atoms. The van der Waals surface area contributed by atoms with Gasteiger partial charge in [0.25, 0.3) is 0 Å². The molecule has 0 fully saturated rings. The Hall–Kier alpha value is -3.81. The average molecular weight is 466 g/mol. The number of carboxylic acid groups (broad SMARTS) is 1. The van der Waals surface area contributed by atoms with E-state index in [1.54, 1.807) is 0 Å². The summed E-state index contributed by atoms with van der Waals surface area (Å²) in [5.74, 6) is 2.80. The van der Waals surface area contributed by atoms with Crippen molar-refractivity contribution < 1.29 is 14.6 Å². The minimum Gasteiger partial charge on any atom is -0.489 e. The van der Waals surface area contributed by atoms with Crippen LogP contribution in [0.15, 0.2) is 66.7 Å². The lowest BCUT2D eigenvalue weighted by molar-refractivity contribution is 0.0696. The molecule has 4 nitrogen and oxygen atoms in total. The number of hydrogen-bond donors (Lipinski definition) is 2. The normalized spacial score (nSPS) is 17.9. The summed E-state index contributed by atoms with van der Waals surface area (Å²) in [7, 11) is 0. The van der Waals surface area contributed by atoms with Crippen molar-refractivity contribution in [1.29, 1.82) is 0 Å². The fourth-order valence-corrected chi connectivity index (χ4v) is 4.88. The Kier molecular flexibility index (Phi) is 7.39. The van der Waals surface area contributed by atoms with Gasteiger partial charge >= 0.3 is 5.97 Å². The lowest BCUT2D eigenvalue weighted by atomic mass is 9.83. The van der Waals surface area contributed by atoms with E-state index in [2.05, 4.69) is 36.4 Å². The Morgan fingerprint density at radius 1 is 1.23 bits per heavy atom. The molecule has 3 aromatic rings. The molecule has 0 aromatic heterocycles. The van der Waals surface area contributed by atoms with E-state index in [1.807, 2.05) is 68.5 Å². The molecule has 0 saturated heterocycles. The minimum absolute atomic E-state index is 0.0594. The summed E-state index contributed by atoms with van der Waals surface area (Å²) < 4.78 is 6.37. The zero-order chi connectivity index (χ0) is 24.9. The van der Waals surface area contributed by atoms with Gasteiger partial charge in [0.05, 0.1) is 5.56 Å². The summed E-state index contributed by atoms with van der Waals surface area (Å²) in [6.07, 6.45) is 10.5. The lowest BCUT2D eigenvalue weighted by Crippen LogP contribution is -2.37. The average Bonchev–Trinajstić information content (AvgIpc) is 2.87. The van der Waals surface area contributed by atoms with E-state index in [4.69, 9.17) is 11.2 Å². The largest absolute Gasteiger partial charge is 0.489 e. The molecule has 4 rings (SSSR count). The highest BCUT2D eigenvalue weighted by atomic mass is 16.5. The second-order valence-corrected chi connectivity index (χ2v) is 9.03. The molecular formula is C31H31NO3. The van der Waals surface area contributed by atoms with Crippen molar-refractivity contribution >= 4 is 12.0 Å². The highest BCUT2D eigenvalue weighted by Gasteiger charge is 2.30. The summed E-state index contributed by atoms with van der Waals surface area (Å²) in [6, 6.07) is 19.9. The van der Waals surface area contributed by atoms with E-state index in [-0.39, 0.29) is 18.1 Å². The monoisotopic (exact) mass is 465 g/mol. The van der Waals surface area contributed by atoms with E-state index in [0.29, 0.717) is 12.1 Å². The first-order valence-electron chi connectivity index (χ1n) is 12.0. The second-order valence-electron chi connectivity index (χ2n) is 9.03. The van der Waals surface area contributed by atoms with Crippen LogP contribution in [-0.2, 0) is 0 Å². The van der Waals surface area contributed by atoms with Crippen LogP contribution in [0.2, 0.25) is 0 Å². The Balaban J connectivity index is 1.58. The molecule has 0 saturated carbocycles. The number of rotatable bonds is 7. The Bertz CT molecular complexity index is 1300. The van der Waals surface area contributed by atoms with Gasteiger partial charge in [0.15, 0.2) is 0 Å². The number of nitrogens with one attached hydrogen (secondary N) is 1. The SMILES string of the molecule is C#Cc1cccc([C@@H](C)NC[C@H]2C[C@@H](c3ccc(C)c(C(=O)O)c3)c3ccccc3O2)c1/C=C\C. The number of allylic oxidation sites excluding steroid dienone is 1. The van der Waals surface area contributed by atoms with Crippen LogP contribution in [0.25, 0.3) is 6.08 Å². The van der Waals surface area contributed by atoms with Crippen LogP contribution in [0, 0.1) is 19.3 Å². The molecule has 1 heterocycles. The molecule has 3 atom stereocenters. The summed E-state index contributed by atoms with van der Waals surface area (Å²) in [4.78, 5) is 11.7. The van der Waals surface area contributed by atoms with Crippen molar-refractivity contribution in [2.45, 2.75) is 45.3 Å². The van der Waals surface area contributed by atoms with Crippen molar-refractivity contribution in [3.8, 4) is 18.1 Å². The number of ether oxygens (including phenoxy) is 1. The van der Waals surface area contributed by atoms with Gasteiger partial charge in [-0.2, -0.15) is 0 Å². The standard InChI is InChI=1S/C31H31NO3/c1-5-10-26-22(6-2)11-9-13-25(26)21(4)32-19-24-18-29(27-12-7-8-14-30(27)35-24)23-16-15-20(3)28(17-23)31(33)34/h2,5,7-17,21,24,29,32H,18-19H2,1,3-4H3,(H,33,34)/b10-5-/t21-,24-,29+/m1/s1. The Morgan fingerprint density at radius 2 is 2.03 bits per heavy atom. The first kappa shape index (κ1) is 24.3. The first-order valence-corrected chi connectivity index (χ1v) is 12.0. The predicted octanol–water partition coefficient (Wildman–Crippen LogP) is 6.34. The van der Waals surface area contributed by atoms with Crippen LogP contribution in [-0.4, -0.2) is 23.7 Å². The lowest BCUT2D eigenvalue weighted by Gasteiger charge is -2.33. The van der Waals surface area contributed by atoms with Crippen molar-refractivity contribution in [3.05, 3.63) is 106 Å². The molecule has 0 aliphatic carbocycles. The molecule has 2 N–H and O–H groups in total. The van der Waals surface area contributed by atoms with E-state index < -0.39 is 5.97 Å². The molecule has 0 unspecified atom stereocenters. The summed E-state index contributed by atoms with van der Waals surface area (Å²) in [6.45, 7) is 6.61. The predicted molar refractivity (Wildman–Crippen MR) is 141 cm³/mol. The van der Waals surface area contributed by atoms with Crippen molar-refractivity contribution in [1.82, 2.24) is 5.32 Å². The number of aryl methyl sites for hydroxylation is 1. The molecule has 178 valence electrons. The fourth-order valence-electron chi connectivity index (χ4n) is 4.88. The van der Waals surface area contributed by atoms with Gasteiger partial charge in [0.2, 0.25) is 0 Å². The number of aromatic carboxylic acids is 1. The minimum atomic E-state index is -0.900. The quantitative estimate of drug-likeness (QED) is 0.400. The molecular weight excluding hydrogens is 434 g/mol. The Morgan fingerprint density at radius 3 is 2.77 bits per heavy atom. The molecule has 0 spiro atoms. The summed E-state index contributed by atoms with van der Waals surface area (Å²) in [5.41, 5.74) is 6.29. The topological polar surface area (TPSA) is 58.6 Å². The number of para-hydroxylation sites is 1. The Labute approximate surface area is 207 Å². The third kappa shape index (κ3) is 5.16. The maximum absolute atomic E-state index is 11.7. The van der Waals surface area contributed by atoms with Crippen LogP contribution in [0.5, 0.6) is 5.75 Å².